The van der Waals surface area contributed by atoms with Crippen LogP contribution in [0.4, 0.5) is 4.39 Å². The minimum atomic E-state index is -0.297. The van der Waals surface area contributed by atoms with Gasteiger partial charge in [0.1, 0.15) is 6.10 Å². The Hall–Kier alpha value is -2.19. The van der Waals surface area contributed by atoms with Gasteiger partial charge in [-0.2, -0.15) is 0 Å². The lowest BCUT2D eigenvalue weighted by Gasteiger charge is -2.41. The third-order valence-corrected chi connectivity index (χ3v) is 6.67. The Labute approximate surface area is 180 Å². The van der Waals surface area contributed by atoms with Crippen LogP contribution in [-0.2, 0) is 4.79 Å². The first-order valence-corrected chi connectivity index (χ1v) is 11.5. The van der Waals surface area contributed by atoms with E-state index in [9.17, 15) is 9.18 Å². The summed E-state index contributed by atoms with van der Waals surface area (Å²) in [6.45, 7) is 3.51. The molecule has 1 aromatic carbocycles. The molecule has 3 heterocycles. The number of hydrogen-bond donors (Lipinski definition) is 0. The number of carbonyl (C=O) groups excluding carboxylic acids is 1. The van der Waals surface area contributed by atoms with Gasteiger partial charge in [0.25, 0.3) is 0 Å². The molecule has 1 aromatic heterocycles. The van der Waals surface area contributed by atoms with Crippen LogP contribution in [0.1, 0.15) is 25.7 Å². The molecule has 0 radical (unpaired) electrons. The van der Waals surface area contributed by atoms with Crippen molar-refractivity contribution in [2.24, 2.45) is 0 Å². The van der Waals surface area contributed by atoms with Gasteiger partial charge in [-0.05, 0) is 43.9 Å². The third kappa shape index (κ3) is 5.49. The first-order valence-electron chi connectivity index (χ1n) is 10.5. The van der Waals surface area contributed by atoms with Gasteiger partial charge in [-0.25, -0.2) is 14.4 Å². The standard InChI is InChI=1S/C22H27FN4O2S/c23-19-4-1-2-5-20(19)29-18-8-14-26(15-9-18)17-6-12-27(13-7-17)21(28)16-30-22-24-10-3-11-25-22/h1-5,10-11,17-18H,6-9,12-16H2. The van der Waals surface area contributed by atoms with Crippen LogP contribution in [-0.4, -0.2) is 69.8 Å². The summed E-state index contributed by atoms with van der Waals surface area (Å²) in [5.74, 6) is 0.589. The summed E-state index contributed by atoms with van der Waals surface area (Å²) in [6, 6.07) is 8.88. The fourth-order valence-electron chi connectivity index (χ4n) is 4.14. The molecule has 4 rings (SSSR count). The summed E-state index contributed by atoms with van der Waals surface area (Å²) in [6.07, 6.45) is 7.25. The van der Waals surface area contributed by atoms with Gasteiger partial charge in [0.05, 0.1) is 5.75 Å². The number of rotatable bonds is 6. The maximum Gasteiger partial charge on any atom is 0.233 e. The predicted molar refractivity (Wildman–Crippen MR) is 114 cm³/mol. The van der Waals surface area contributed by atoms with Crippen molar-refractivity contribution in [3.05, 3.63) is 48.5 Å². The second-order valence-electron chi connectivity index (χ2n) is 7.72. The van der Waals surface area contributed by atoms with Crippen molar-refractivity contribution in [2.75, 3.05) is 31.9 Å². The minimum Gasteiger partial charge on any atom is -0.487 e. The fourth-order valence-corrected chi connectivity index (χ4v) is 4.84. The van der Waals surface area contributed by atoms with Gasteiger partial charge in [0, 0.05) is 44.6 Å². The number of nitrogens with zero attached hydrogens (tertiary/aromatic N) is 4. The number of halogens is 1. The Balaban J connectivity index is 1.18. The Morgan fingerprint density at radius 2 is 1.73 bits per heavy atom. The van der Waals surface area contributed by atoms with Crippen molar-refractivity contribution in [3.63, 3.8) is 0 Å². The first kappa shape index (κ1) is 21.1. The largest absolute Gasteiger partial charge is 0.487 e. The number of benzene rings is 1. The second-order valence-corrected chi connectivity index (χ2v) is 8.66. The van der Waals surface area contributed by atoms with E-state index < -0.39 is 0 Å². The zero-order valence-corrected chi connectivity index (χ0v) is 17.8. The van der Waals surface area contributed by atoms with E-state index in [1.165, 1.54) is 17.8 Å². The number of piperidine rings is 2. The van der Waals surface area contributed by atoms with E-state index in [2.05, 4.69) is 14.9 Å². The number of thioether (sulfide) groups is 1. The molecule has 1 amide bonds. The van der Waals surface area contributed by atoms with Crippen LogP contribution in [0.15, 0.2) is 47.9 Å². The van der Waals surface area contributed by atoms with E-state index in [-0.39, 0.29) is 17.8 Å². The molecular weight excluding hydrogens is 403 g/mol. The number of para-hydroxylation sites is 1. The van der Waals surface area contributed by atoms with Crippen molar-refractivity contribution >= 4 is 17.7 Å². The summed E-state index contributed by atoms with van der Waals surface area (Å²) in [4.78, 5) is 25.3. The van der Waals surface area contributed by atoms with E-state index in [0.717, 1.165) is 51.9 Å². The van der Waals surface area contributed by atoms with Crippen LogP contribution in [0.3, 0.4) is 0 Å². The lowest BCUT2D eigenvalue weighted by molar-refractivity contribution is -0.130. The average molecular weight is 431 g/mol. The Bertz CT molecular complexity index is 825. The van der Waals surface area contributed by atoms with Crippen molar-refractivity contribution < 1.29 is 13.9 Å². The van der Waals surface area contributed by atoms with Gasteiger partial charge in [-0.3, -0.25) is 9.69 Å². The van der Waals surface area contributed by atoms with Crippen LogP contribution >= 0.6 is 11.8 Å². The zero-order chi connectivity index (χ0) is 20.8. The van der Waals surface area contributed by atoms with Gasteiger partial charge in [0.15, 0.2) is 16.7 Å². The highest BCUT2D eigenvalue weighted by atomic mass is 32.2. The van der Waals surface area contributed by atoms with Gasteiger partial charge in [-0.1, -0.05) is 23.9 Å². The third-order valence-electron chi connectivity index (χ3n) is 5.81. The maximum absolute atomic E-state index is 13.8. The van der Waals surface area contributed by atoms with Crippen LogP contribution in [0.5, 0.6) is 5.75 Å². The second kappa shape index (κ2) is 10.2. The van der Waals surface area contributed by atoms with Gasteiger partial charge < -0.3 is 9.64 Å². The molecule has 0 bridgehead atoms. The summed E-state index contributed by atoms with van der Waals surface area (Å²) >= 11 is 1.39. The van der Waals surface area contributed by atoms with Crippen LogP contribution in [0.25, 0.3) is 0 Å². The first-order chi connectivity index (χ1) is 14.7. The molecule has 0 atom stereocenters. The lowest BCUT2D eigenvalue weighted by atomic mass is 9.99. The molecule has 2 aliphatic heterocycles. The maximum atomic E-state index is 13.8. The summed E-state index contributed by atoms with van der Waals surface area (Å²) in [5.41, 5.74) is 0. The highest BCUT2D eigenvalue weighted by Crippen LogP contribution is 2.25. The van der Waals surface area contributed by atoms with Crippen molar-refractivity contribution in [3.8, 4) is 5.75 Å². The fraction of sp³-hybridized carbons (Fsp3) is 0.500. The van der Waals surface area contributed by atoms with Crippen LogP contribution in [0, 0.1) is 5.82 Å². The highest BCUT2D eigenvalue weighted by Gasteiger charge is 2.30. The van der Waals surface area contributed by atoms with E-state index in [4.69, 9.17) is 4.74 Å². The summed E-state index contributed by atoms with van der Waals surface area (Å²) in [7, 11) is 0. The Kier molecular flexibility index (Phi) is 7.17. The van der Waals surface area contributed by atoms with Crippen LogP contribution in [0.2, 0.25) is 0 Å². The molecule has 0 aliphatic carbocycles. The normalized spacial score (nSPS) is 19.0. The molecule has 0 unspecified atom stereocenters. The number of hydrogen-bond acceptors (Lipinski definition) is 6. The molecule has 160 valence electrons. The number of ether oxygens (including phenoxy) is 1. The molecule has 0 N–H and O–H groups in total. The number of likely N-dealkylation sites (tertiary alicyclic amines) is 2. The molecule has 0 saturated carbocycles. The SMILES string of the molecule is O=C(CSc1ncccn1)N1CCC(N2CCC(Oc3ccccc3F)CC2)CC1. The molecule has 8 heteroatoms. The summed E-state index contributed by atoms with van der Waals surface area (Å²) < 4.78 is 19.7. The van der Waals surface area contributed by atoms with E-state index in [1.54, 1.807) is 36.7 Å². The average Bonchev–Trinajstić information content (AvgIpc) is 2.80. The Morgan fingerprint density at radius 1 is 1.03 bits per heavy atom. The lowest BCUT2D eigenvalue weighted by Crippen LogP contribution is -2.50. The molecular formula is C22H27FN4O2S. The molecule has 30 heavy (non-hydrogen) atoms. The van der Waals surface area contributed by atoms with Crippen molar-refractivity contribution in [1.82, 2.24) is 19.8 Å². The Morgan fingerprint density at radius 3 is 2.43 bits per heavy atom. The molecule has 2 fully saturated rings. The van der Waals surface area contributed by atoms with Gasteiger partial charge >= 0.3 is 0 Å². The number of aromatic nitrogens is 2. The van der Waals surface area contributed by atoms with Crippen molar-refractivity contribution in [2.45, 2.75) is 43.0 Å². The molecule has 6 nitrogen and oxygen atoms in total. The molecule has 2 saturated heterocycles. The highest BCUT2D eigenvalue weighted by molar-refractivity contribution is 7.99. The van der Waals surface area contributed by atoms with Crippen LogP contribution < -0.4 is 4.74 Å². The molecule has 0 spiro atoms. The van der Waals surface area contributed by atoms with Gasteiger partial charge in [-0.15, -0.1) is 0 Å². The quantitative estimate of drug-likeness (QED) is 0.518. The molecule has 2 aliphatic rings. The van der Waals surface area contributed by atoms with Crippen molar-refractivity contribution in [1.29, 1.82) is 0 Å². The number of carbonyl (C=O) groups is 1. The minimum absolute atomic E-state index is 0.0667. The predicted octanol–water partition coefficient (Wildman–Crippen LogP) is 3.24. The van der Waals surface area contributed by atoms with E-state index in [0.29, 0.717) is 22.7 Å². The monoisotopic (exact) mass is 430 g/mol. The number of amides is 1. The molecule has 2 aromatic rings. The summed E-state index contributed by atoms with van der Waals surface area (Å²) in [5, 5.41) is 0.640. The smallest absolute Gasteiger partial charge is 0.233 e. The topological polar surface area (TPSA) is 58.6 Å². The zero-order valence-electron chi connectivity index (χ0n) is 17.0. The van der Waals surface area contributed by atoms with Gasteiger partial charge in [0.2, 0.25) is 5.91 Å². The van der Waals surface area contributed by atoms with E-state index in [1.807, 2.05) is 4.90 Å². The van der Waals surface area contributed by atoms with E-state index >= 15 is 0 Å².